The van der Waals surface area contributed by atoms with Crippen molar-refractivity contribution in [2.45, 2.75) is 31.4 Å². The van der Waals surface area contributed by atoms with Gasteiger partial charge >= 0.3 is 6.18 Å². The van der Waals surface area contributed by atoms with Crippen LogP contribution in [-0.4, -0.2) is 55.1 Å². The lowest BCUT2D eigenvalue weighted by Gasteiger charge is -2.18. The van der Waals surface area contributed by atoms with Crippen LogP contribution in [0.2, 0.25) is 0 Å². The van der Waals surface area contributed by atoms with Crippen molar-refractivity contribution in [1.82, 2.24) is 9.88 Å². The van der Waals surface area contributed by atoms with Crippen LogP contribution in [0.15, 0.2) is 18.3 Å². The van der Waals surface area contributed by atoms with E-state index in [2.05, 4.69) is 9.88 Å². The first-order chi connectivity index (χ1) is 11.0. The van der Waals surface area contributed by atoms with Crippen LogP contribution in [0, 0.1) is 0 Å². The fourth-order valence-corrected chi connectivity index (χ4v) is 2.75. The molecule has 0 unspecified atom stereocenters. The molecular formula is C15H19F3N2O3. The van der Waals surface area contributed by atoms with Crippen LogP contribution in [0.5, 0.6) is 5.88 Å². The Morgan fingerprint density at radius 3 is 2.70 bits per heavy atom. The summed E-state index contributed by atoms with van der Waals surface area (Å²) in [4.78, 5) is 5.98. The number of alkyl halides is 3. The molecule has 0 bridgehead atoms. The fraction of sp³-hybridized carbons (Fsp3) is 0.667. The van der Waals surface area contributed by atoms with Crippen molar-refractivity contribution in [3.8, 4) is 5.88 Å². The zero-order chi connectivity index (χ0) is 16.3. The van der Waals surface area contributed by atoms with Crippen molar-refractivity contribution in [3.63, 3.8) is 0 Å². The Morgan fingerprint density at radius 2 is 2.04 bits per heavy atom. The van der Waals surface area contributed by atoms with Gasteiger partial charge in [-0.1, -0.05) is 0 Å². The van der Waals surface area contributed by atoms with Gasteiger partial charge in [0, 0.05) is 38.3 Å². The average molecular weight is 332 g/mol. The first-order valence-corrected chi connectivity index (χ1v) is 7.66. The van der Waals surface area contributed by atoms with Crippen LogP contribution in [0.3, 0.4) is 0 Å². The van der Waals surface area contributed by atoms with Crippen LogP contribution in [0.4, 0.5) is 13.2 Å². The average Bonchev–Trinajstić information content (AvgIpc) is 3.16. The Balaban J connectivity index is 1.44. The molecule has 8 heteroatoms. The maximum Gasteiger partial charge on any atom is 0.417 e. The smallest absolute Gasteiger partial charge is 0.417 e. The molecule has 2 fully saturated rings. The number of likely N-dealkylation sites (tertiary alicyclic amines) is 1. The third kappa shape index (κ3) is 4.55. The van der Waals surface area contributed by atoms with E-state index in [0.717, 1.165) is 44.7 Å². The quantitative estimate of drug-likeness (QED) is 0.828. The van der Waals surface area contributed by atoms with E-state index in [9.17, 15) is 13.2 Å². The summed E-state index contributed by atoms with van der Waals surface area (Å²) in [5.41, 5.74) is -0.769. The highest BCUT2D eigenvalue weighted by Gasteiger charge is 2.31. The summed E-state index contributed by atoms with van der Waals surface area (Å²) in [5.74, 6) is 0.229. The first kappa shape index (κ1) is 16.5. The zero-order valence-electron chi connectivity index (χ0n) is 12.6. The van der Waals surface area contributed by atoms with Gasteiger partial charge in [-0.3, -0.25) is 4.90 Å². The molecule has 0 radical (unpaired) electrons. The Labute approximate surface area is 132 Å². The highest BCUT2D eigenvalue weighted by molar-refractivity contribution is 5.20. The molecule has 0 spiro atoms. The molecule has 2 aliphatic rings. The third-order valence-electron chi connectivity index (χ3n) is 3.95. The van der Waals surface area contributed by atoms with Gasteiger partial charge in [0.15, 0.2) is 6.29 Å². The maximum atomic E-state index is 12.5. The molecule has 0 N–H and O–H groups in total. The normalized spacial score (nSPS) is 23.5. The van der Waals surface area contributed by atoms with E-state index in [-0.39, 0.29) is 18.3 Å². The van der Waals surface area contributed by atoms with Gasteiger partial charge in [-0.25, -0.2) is 4.98 Å². The van der Waals surface area contributed by atoms with Crippen LogP contribution < -0.4 is 4.74 Å². The van der Waals surface area contributed by atoms with E-state index >= 15 is 0 Å². The van der Waals surface area contributed by atoms with Crippen LogP contribution >= 0.6 is 0 Å². The monoisotopic (exact) mass is 332 g/mol. The minimum absolute atomic E-state index is 0.0512. The summed E-state index contributed by atoms with van der Waals surface area (Å²) in [7, 11) is 0. The van der Waals surface area contributed by atoms with Crippen LogP contribution in [0.25, 0.3) is 0 Å². The summed E-state index contributed by atoms with van der Waals surface area (Å²) in [6, 6.07) is 2.26. The summed E-state index contributed by atoms with van der Waals surface area (Å²) in [5, 5.41) is 0. The van der Waals surface area contributed by atoms with Crippen molar-refractivity contribution in [1.29, 1.82) is 0 Å². The summed E-state index contributed by atoms with van der Waals surface area (Å²) in [6.07, 6.45) is -2.10. The topological polar surface area (TPSA) is 43.8 Å². The van der Waals surface area contributed by atoms with E-state index in [1.807, 2.05) is 0 Å². The Kier molecular flexibility index (Phi) is 5.03. The fourth-order valence-electron chi connectivity index (χ4n) is 2.75. The van der Waals surface area contributed by atoms with Gasteiger partial charge in [0.1, 0.15) is 6.10 Å². The molecule has 23 heavy (non-hydrogen) atoms. The molecule has 5 nitrogen and oxygen atoms in total. The molecule has 128 valence electrons. The molecule has 0 amide bonds. The molecule has 2 aliphatic heterocycles. The van der Waals surface area contributed by atoms with Crippen LogP contribution in [0.1, 0.15) is 18.4 Å². The summed E-state index contributed by atoms with van der Waals surface area (Å²) >= 11 is 0. The van der Waals surface area contributed by atoms with Gasteiger partial charge < -0.3 is 14.2 Å². The maximum absolute atomic E-state index is 12.5. The molecule has 1 aromatic rings. The number of hydrogen-bond acceptors (Lipinski definition) is 5. The Hall–Kier alpha value is -1.38. The van der Waals surface area contributed by atoms with Gasteiger partial charge in [-0.05, 0) is 12.5 Å². The van der Waals surface area contributed by atoms with Gasteiger partial charge in [0.2, 0.25) is 5.88 Å². The number of ether oxygens (including phenoxy) is 3. The highest BCUT2D eigenvalue weighted by Crippen LogP contribution is 2.29. The van der Waals surface area contributed by atoms with E-state index in [0.29, 0.717) is 13.2 Å². The second kappa shape index (κ2) is 7.02. The number of halogens is 3. The van der Waals surface area contributed by atoms with Gasteiger partial charge in [-0.15, -0.1) is 0 Å². The Bertz CT molecular complexity index is 504. The Morgan fingerprint density at radius 1 is 1.26 bits per heavy atom. The second-order valence-electron chi connectivity index (χ2n) is 5.67. The van der Waals surface area contributed by atoms with E-state index in [4.69, 9.17) is 14.2 Å². The van der Waals surface area contributed by atoms with Gasteiger partial charge in [0.05, 0.1) is 18.8 Å². The molecule has 1 atom stereocenters. The molecule has 2 saturated heterocycles. The third-order valence-corrected chi connectivity index (χ3v) is 3.95. The van der Waals surface area contributed by atoms with Crippen molar-refractivity contribution in [2.75, 3.05) is 32.8 Å². The van der Waals surface area contributed by atoms with E-state index < -0.39 is 11.7 Å². The molecule has 3 heterocycles. The molecule has 3 rings (SSSR count). The number of hydrogen-bond donors (Lipinski definition) is 0. The minimum atomic E-state index is -4.37. The number of nitrogens with zero attached hydrogens (tertiary/aromatic N) is 2. The molecule has 0 aliphatic carbocycles. The standard InChI is InChI=1S/C15H19F3N2O3/c16-15(17,18)11-1-2-13(19-9-11)23-12-3-5-20(10-12)6-4-14-21-7-8-22-14/h1-2,9,12,14H,3-8,10H2/t12-/m0/s1. The molecule has 0 aromatic carbocycles. The summed E-state index contributed by atoms with van der Waals surface area (Å²) in [6.45, 7) is 3.77. The first-order valence-electron chi connectivity index (χ1n) is 7.66. The van der Waals surface area contributed by atoms with Gasteiger partial charge in [-0.2, -0.15) is 13.2 Å². The van der Waals surface area contributed by atoms with Crippen molar-refractivity contribution in [3.05, 3.63) is 23.9 Å². The molecular weight excluding hydrogens is 313 g/mol. The van der Waals surface area contributed by atoms with Crippen LogP contribution in [-0.2, 0) is 15.7 Å². The predicted molar refractivity (Wildman–Crippen MR) is 75.0 cm³/mol. The molecule has 0 saturated carbocycles. The number of rotatable bonds is 5. The second-order valence-corrected chi connectivity index (χ2v) is 5.67. The van der Waals surface area contributed by atoms with Crippen molar-refractivity contribution in [2.24, 2.45) is 0 Å². The van der Waals surface area contributed by atoms with Gasteiger partial charge in [0.25, 0.3) is 0 Å². The lowest BCUT2D eigenvalue weighted by molar-refractivity contribution is -0.137. The number of pyridine rings is 1. The summed E-state index contributed by atoms with van der Waals surface area (Å²) < 4.78 is 53.9. The lowest BCUT2D eigenvalue weighted by atomic mass is 10.3. The SMILES string of the molecule is FC(F)(F)c1ccc(O[C@H]2CCN(CCC3OCCO3)C2)nc1. The predicted octanol–water partition coefficient (Wildman–Crippen LogP) is 2.32. The molecule has 1 aromatic heterocycles. The van der Waals surface area contributed by atoms with E-state index in [1.165, 1.54) is 6.07 Å². The lowest BCUT2D eigenvalue weighted by Crippen LogP contribution is -2.28. The highest BCUT2D eigenvalue weighted by atomic mass is 19.4. The zero-order valence-corrected chi connectivity index (χ0v) is 12.6. The van der Waals surface area contributed by atoms with Crippen molar-refractivity contribution >= 4 is 0 Å². The van der Waals surface area contributed by atoms with Crippen molar-refractivity contribution < 1.29 is 27.4 Å². The van der Waals surface area contributed by atoms with E-state index in [1.54, 1.807) is 0 Å². The number of aromatic nitrogens is 1. The minimum Gasteiger partial charge on any atom is -0.473 e. The largest absolute Gasteiger partial charge is 0.473 e.